The molecule has 0 aliphatic rings. The molecule has 0 spiro atoms. The molecule has 0 aliphatic heterocycles. The van der Waals surface area contributed by atoms with Crippen molar-refractivity contribution in [3.63, 3.8) is 0 Å². The van der Waals surface area contributed by atoms with E-state index in [0.717, 1.165) is 28.4 Å². The molecule has 0 aromatic heterocycles. The Morgan fingerprint density at radius 2 is 1.45 bits per heavy atom. The molecule has 0 amide bonds. The number of benzene rings is 3. The molecule has 0 saturated carbocycles. The van der Waals surface area contributed by atoms with Gasteiger partial charge < -0.3 is 19.5 Å². The van der Waals surface area contributed by atoms with Crippen molar-refractivity contribution in [1.29, 1.82) is 0 Å². The van der Waals surface area contributed by atoms with E-state index in [9.17, 15) is 0 Å². The Kier molecular flexibility index (Phi) is 7.57. The molecule has 3 aromatic rings. The predicted octanol–water partition coefficient (Wildman–Crippen LogP) is 5.56. The molecule has 0 radical (unpaired) electrons. The van der Waals surface area contributed by atoms with Crippen molar-refractivity contribution in [3.05, 3.63) is 96.6 Å². The van der Waals surface area contributed by atoms with Crippen LogP contribution in [0.15, 0.2) is 85.4 Å². The van der Waals surface area contributed by atoms with Gasteiger partial charge in [0.1, 0.15) is 23.9 Å². The second kappa shape index (κ2) is 10.6. The molecule has 5 heteroatoms. The Labute approximate surface area is 173 Å². The van der Waals surface area contributed by atoms with Crippen molar-refractivity contribution in [2.75, 3.05) is 0 Å². The van der Waals surface area contributed by atoms with Crippen LogP contribution in [0.2, 0.25) is 0 Å². The van der Waals surface area contributed by atoms with E-state index in [4.69, 9.17) is 19.5 Å². The summed E-state index contributed by atoms with van der Waals surface area (Å²) in [6, 6.07) is 25.1. The third-order valence-electron chi connectivity index (χ3n) is 4.02. The van der Waals surface area contributed by atoms with E-state index >= 15 is 0 Å². The smallest absolute Gasteiger partial charge is 0.207 e. The van der Waals surface area contributed by atoms with Crippen LogP contribution >= 0.6 is 8.00 Å². The van der Waals surface area contributed by atoms with Crippen molar-refractivity contribution in [2.24, 2.45) is 5.73 Å². The summed E-state index contributed by atoms with van der Waals surface area (Å²) >= 11 is 0. The zero-order valence-electron chi connectivity index (χ0n) is 16.5. The molecule has 0 aliphatic carbocycles. The summed E-state index contributed by atoms with van der Waals surface area (Å²) in [6.07, 6.45) is 1.82. The summed E-state index contributed by atoms with van der Waals surface area (Å²) in [4.78, 5) is 0. The van der Waals surface area contributed by atoms with E-state index in [0.29, 0.717) is 6.61 Å². The van der Waals surface area contributed by atoms with Gasteiger partial charge in [-0.2, -0.15) is 0 Å². The molecular weight excluding hydrogens is 381 g/mol. The molecule has 2 atom stereocenters. The Morgan fingerprint density at radius 3 is 2.03 bits per heavy atom. The second-order valence-electron chi connectivity index (χ2n) is 6.57. The maximum absolute atomic E-state index is 6.05. The highest BCUT2D eigenvalue weighted by molar-refractivity contribution is 7.48. The molecule has 0 bridgehead atoms. The lowest BCUT2D eigenvalue weighted by Gasteiger charge is -2.15. The molecule has 3 aromatic carbocycles. The van der Waals surface area contributed by atoms with Crippen LogP contribution in [0.3, 0.4) is 0 Å². The Morgan fingerprint density at radius 1 is 0.862 bits per heavy atom. The molecule has 150 valence electrons. The Balaban J connectivity index is 1.60. The van der Waals surface area contributed by atoms with Gasteiger partial charge >= 0.3 is 0 Å². The number of para-hydroxylation sites is 1. The first kappa shape index (κ1) is 20.8. The molecule has 2 N–H and O–H groups in total. The summed E-state index contributed by atoms with van der Waals surface area (Å²) in [7, 11) is -1.72. The third kappa shape index (κ3) is 6.86. The monoisotopic (exact) mass is 407 g/mol. The number of hydrogen-bond donors (Lipinski definition) is 1. The molecule has 3 rings (SSSR count). The first-order chi connectivity index (χ1) is 14.1. The first-order valence-electron chi connectivity index (χ1n) is 9.45. The number of hydrogen-bond acceptors (Lipinski definition) is 4. The summed E-state index contributed by atoms with van der Waals surface area (Å²) < 4.78 is 17.9. The van der Waals surface area contributed by atoms with Gasteiger partial charge in [-0.15, -0.1) is 0 Å². The number of rotatable bonds is 9. The van der Waals surface area contributed by atoms with E-state index < -0.39 is 8.00 Å². The van der Waals surface area contributed by atoms with Gasteiger partial charge in [0.25, 0.3) is 0 Å². The Bertz CT molecular complexity index is 936. The van der Waals surface area contributed by atoms with Crippen LogP contribution in [0, 0.1) is 0 Å². The van der Waals surface area contributed by atoms with Crippen molar-refractivity contribution >= 4 is 19.9 Å². The van der Waals surface area contributed by atoms with Gasteiger partial charge in [-0.1, -0.05) is 55.1 Å². The van der Waals surface area contributed by atoms with E-state index in [2.05, 4.69) is 6.58 Å². The molecule has 29 heavy (non-hydrogen) atoms. The zero-order valence-corrected chi connectivity index (χ0v) is 17.5. The van der Waals surface area contributed by atoms with Crippen LogP contribution < -0.4 is 19.5 Å². The predicted molar refractivity (Wildman–Crippen MR) is 123 cm³/mol. The fourth-order valence-electron chi connectivity index (χ4n) is 2.54. The Hall–Kier alpha value is -2.94. The normalized spacial score (nSPS) is 12.8. The average Bonchev–Trinajstić information content (AvgIpc) is 2.74. The maximum Gasteiger partial charge on any atom is 0.207 e. The van der Waals surface area contributed by atoms with Crippen molar-refractivity contribution in [1.82, 2.24) is 0 Å². The second-order valence-corrected chi connectivity index (χ2v) is 7.95. The molecule has 0 fully saturated rings. The van der Waals surface area contributed by atoms with Gasteiger partial charge in [0.05, 0.1) is 0 Å². The lowest BCUT2D eigenvalue weighted by Crippen LogP contribution is -2.16. The highest BCUT2D eigenvalue weighted by Gasteiger charge is 2.04. The largest absolute Gasteiger partial charge is 0.489 e. The van der Waals surface area contributed by atoms with Crippen LogP contribution in [0.5, 0.6) is 17.2 Å². The minimum absolute atomic E-state index is 0.123. The van der Waals surface area contributed by atoms with E-state index in [1.165, 1.54) is 0 Å². The van der Waals surface area contributed by atoms with E-state index in [1.807, 2.05) is 97.7 Å². The van der Waals surface area contributed by atoms with Gasteiger partial charge in [-0.05, 0) is 60.2 Å². The van der Waals surface area contributed by atoms with Crippen LogP contribution in [-0.4, -0.2) is 11.8 Å². The standard InChI is InChI=1S/C24H26NO3P/c1-3-20-9-11-21(12-10-20)17-26-22-13-15-24(16-14-22)28-29(18-19(2)25)27-23-7-5-4-6-8-23/h3-16,18-19,29H,1,17,25H2,2H3. The highest BCUT2D eigenvalue weighted by Crippen LogP contribution is 2.32. The van der Waals surface area contributed by atoms with E-state index in [1.54, 1.807) is 0 Å². The number of nitrogens with two attached hydrogens (primary N) is 1. The topological polar surface area (TPSA) is 53.7 Å². The minimum atomic E-state index is -1.72. The van der Waals surface area contributed by atoms with Crippen LogP contribution in [0.1, 0.15) is 18.1 Å². The van der Waals surface area contributed by atoms with Crippen molar-refractivity contribution in [3.8, 4) is 17.2 Å². The lowest BCUT2D eigenvalue weighted by molar-refractivity contribution is 0.306. The maximum atomic E-state index is 6.05. The molecule has 0 saturated heterocycles. The fourth-order valence-corrected chi connectivity index (χ4v) is 3.89. The highest BCUT2D eigenvalue weighted by atomic mass is 31.1. The zero-order chi connectivity index (χ0) is 20.5. The number of ether oxygens (including phenoxy) is 1. The van der Waals surface area contributed by atoms with E-state index in [-0.39, 0.29) is 6.04 Å². The van der Waals surface area contributed by atoms with Crippen LogP contribution in [0.4, 0.5) is 0 Å². The van der Waals surface area contributed by atoms with Gasteiger partial charge in [0.15, 0.2) is 0 Å². The minimum Gasteiger partial charge on any atom is -0.489 e. The van der Waals surface area contributed by atoms with Gasteiger partial charge in [-0.25, -0.2) is 0 Å². The summed E-state index contributed by atoms with van der Waals surface area (Å²) in [5.74, 6) is 4.17. The summed E-state index contributed by atoms with van der Waals surface area (Å²) in [6.45, 7) is 6.17. The van der Waals surface area contributed by atoms with Crippen molar-refractivity contribution < 1.29 is 13.8 Å². The van der Waals surface area contributed by atoms with Gasteiger partial charge in [0.2, 0.25) is 8.00 Å². The summed E-state index contributed by atoms with van der Waals surface area (Å²) in [5.41, 5.74) is 8.12. The SMILES string of the molecule is C=Cc1ccc(COc2ccc(O[PH](=CC(C)N)Oc3ccccc3)cc2)cc1. The molecular formula is C24H26NO3P. The van der Waals surface area contributed by atoms with Gasteiger partial charge in [0, 0.05) is 6.04 Å². The first-order valence-corrected chi connectivity index (χ1v) is 10.8. The average molecular weight is 407 g/mol. The lowest BCUT2D eigenvalue weighted by atomic mass is 10.1. The van der Waals surface area contributed by atoms with Crippen LogP contribution in [-0.2, 0) is 6.61 Å². The van der Waals surface area contributed by atoms with Crippen molar-refractivity contribution in [2.45, 2.75) is 19.6 Å². The molecule has 4 nitrogen and oxygen atoms in total. The molecule has 0 heterocycles. The van der Waals surface area contributed by atoms with Gasteiger partial charge in [-0.3, -0.25) is 0 Å². The quantitative estimate of drug-likeness (QED) is 0.472. The van der Waals surface area contributed by atoms with Crippen LogP contribution in [0.25, 0.3) is 6.08 Å². The third-order valence-corrected chi connectivity index (χ3v) is 5.70. The summed E-state index contributed by atoms with van der Waals surface area (Å²) in [5, 5.41) is 0. The molecule has 2 unspecified atom stereocenters. The fraction of sp³-hybridized carbons (Fsp3) is 0.125.